The van der Waals surface area contributed by atoms with Crippen LogP contribution in [0.4, 0.5) is 5.82 Å². The molecule has 1 aliphatic heterocycles. The number of nitrogens with zero attached hydrogens (tertiary/aromatic N) is 1. The fourth-order valence-corrected chi connectivity index (χ4v) is 1.17. The SMILES string of the molecule is Clc1ccc(NC2CNC2)nc1. The molecular weight excluding hydrogens is 174 g/mol. The minimum atomic E-state index is 0.527. The lowest BCUT2D eigenvalue weighted by molar-refractivity contribution is 0.471. The highest BCUT2D eigenvalue weighted by molar-refractivity contribution is 6.30. The van der Waals surface area contributed by atoms with Crippen LogP contribution < -0.4 is 10.6 Å². The number of hydrogen-bond donors (Lipinski definition) is 2. The molecule has 0 spiro atoms. The molecule has 0 atom stereocenters. The maximum atomic E-state index is 5.69. The van der Waals surface area contributed by atoms with Gasteiger partial charge < -0.3 is 10.6 Å². The Morgan fingerprint density at radius 1 is 1.50 bits per heavy atom. The van der Waals surface area contributed by atoms with Gasteiger partial charge in [0.15, 0.2) is 0 Å². The lowest BCUT2D eigenvalue weighted by atomic mass is 10.2. The van der Waals surface area contributed by atoms with Crippen molar-refractivity contribution in [3.8, 4) is 0 Å². The molecule has 1 saturated heterocycles. The van der Waals surface area contributed by atoms with Gasteiger partial charge in [-0.3, -0.25) is 0 Å². The van der Waals surface area contributed by atoms with E-state index in [1.165, 1.54) is 0 Å². The summed E-state index contributed by atoms with van der Waals surface area (Å²) in [6.07, 6.45) is 1.65. The number of rotatable bonds is 2. The largest absolute Gasteiger partial charge is 0.365 e. The molecule has 1 aliphatic rings. The molecule has 0 radical (unpaired) electrons. The van der Waals surface area contributed by atoms with Crippen LogP contribution in [0, 0.1) is 0 Å². The van der Waals surface area contributed by atoms with Crippen molar-refractivity contribution in [1.29, 1.82) is 0 Å². The standard InChI is InChI=1S/C8H10ClN3/c9-6-1-2-8(11-3-6)12-7-4-10-5-7/h1-3,7,10H,4-5H2,(H,11,12). The van der Waals surface area contributed by atoms with Crippen LogP contribution in [0.25, 0.3) is 0 Å². The molecule has 2 heterocycles. The number of halogens is 1. The molecule has 12 heavy (non-hydrogen) atoms. The minimum Gasteiger partial charge on any atom is -0.365 e. The Kier molecular flexibility index (Phi) is 2.15. The summed E-state index contributed by atoms with van der Waals surface area (Å²) in [4.78, 5) is 4.13. The third-order valence-electron chi connectivity index (χ3n) is 1.86. The summed E-state index contributed by atoms with van der Waals surface area (Å²) in [5.74, 6) is 0.894. The lowest BCUT2D eigenvalue weighted by Gasteiger charge is -2.28. The Morgan fingerprint density at radius 3 is 2.83 bits per heavy atom. The second kappa shape index (κ2) is 3.29. The molecule has 2 rings (SSSR count). The second-order valence-electron chi connectivity index (χ2n) is 2.86. The van der Waals surface area contributed by atoms with E-state index in [1.54, 1.807) is 6.20 Å². The number of aromatic nitrogens is 1. The summed E-state index contributed by atoms with van der Waals surface area (Å²) < 4.78 is 0. The van der Waals surface area contributed by atoms with Gasteiger partial charge in [0.1, 0.15) is 5.82 Å². The van der Waals surface area contributed by atoms with Crippen molar-refractivity contribution in [3.05, 3.63) is 23.4 Å². The van der Waals surface area contributed by atoms with Crippen LogP contribution in [0.3, 0.4) is 0 Å². The second-order valence-corrected chi connectivity index (χ2v) is 3.30. The van der Waals surface area contributed by atoms with E-state index in [0.717, 1.165) is 18.9 Å². The molecule has 0 aliphatic carbocycles. The summed E-state index contributed by atoms with van der Waals surface area (Å²) in [6.45, 7) is 2.04. The lowest BCUT2D eigenvalue weighted by Crippen LogP contribution is -2.51. The first-order chi connectivity index (χ1) is 5.84. The van der Waals surface area contributed by atoms with Crippen LogP contribution in [0.5, 0.6) is 0 Å². The average molecular weight is 184 g/mol. The molecule has 64 valence electrons. The van der Waals surface area contributed by atoms with Crippen molar-refractivity contribution in [1.82, 2.24) is 10.3 Å². The van der Waals surface area contributed by atoms with Crippen LogP contribution >= 0.6 is 11.6 Å². The molecule has 2 N–H and O–H groups in total. The summed E-state index contributed by atoms with van der Waals surface area (Å²) in [5, 5.41) is 7.12. The predicted octanol–water partition coefficient (Wildman–Crippen LogP) is 1.12. The van der Waals surface area contributed by atoms with Gasteiger partial charge in [0.05, 0.1) is 11.1 Å². The summed E-state index contributed by atoms with van der Waals surface area (Å²) in [7, 11) is 0. The highest BCUT2D eigenvalue weighted by atomic mass is 35.5. The van der Waals surface area contributed by atoms with Gasteiger partial charge in [0.2, 0.25) is 0 Å². The molecule has 0 bridgehead atoms. The van der Waals surface area contributed by atoms with Crippen LogP contribution in [0.2, 0.25) is 5.02 Å². The molecular formula is C8H10ClN3. The Labute approximate surface area is 76.1 Å². The number of anilines is 1. The van der Waals surface area contributed by atoms with Crippen LogP contribution in [-0.4, -0.2) is 24.1 Å². The van der Waals surface area contributed by atoms with Gasteiger partial charge in [-0.05, 0) is 12.1 Å². The number of nitrogens with one attached hydrogen (secondary N) is 2. The molecule has 0 saturated carbocycles. The van der Waals surface area contributed by atoms with Crippen LogP contribution in [-0.2, 0) is 0 Å². The van der Waals surface area contributed by atoms with Crippen molar-refractivity contribution < 1.29 is 0 Å². The Bertz CT molecular complexity index is 256. The average Bonchev–Trinajstić information content (AvgIpc) is 2.00. The normalized spacial score (nSPS) is 17.1. The maximum absolute atomic E-state index is 5.69. The van der Waals surface area contributed by atoms with E-state index >= 15 is 0 Å². The third kappa shape index (κ3) is 1.68. The Hall–Kier alpha value is -0.800. The van der Waals surface area contributed by atoms with Gasteiger partial charge in [-0.25, -0.2) is 4.98 Å². The first-order valence-electron chi connectivity index (χ1n) is 3.93. The predicted molar refractivity (Wildman–Crippen MR) is 49.5 cm³/mol. The van der Waals surface area contributed by atoms with E-state index in [-0.39, 0.29) is 0 Å². The summed E-state index contributed by atoms with van der Waals surface area (Å²) >= 11 is 5.69. The molecule has 1 aromatic rings. The highest BCUT2D eigenvalue weighted by Gasteiger charge is 2.15. The first-order valence-corrected chi connectivity index (χ1v) is 4.31. The molecule has 0 aromatic carbocycles. The Balaban J connectivity index is 1.98. The fourth-order valence-electron chi connectivity index (χ4n) is 1.06. The molecule has 1 fully saturated rings. The molecule has 3 nitrogen and oxygen atoms in total. The van der Waals surface area contributed by atoms with Crippen molar-refractivity contribution in [3.63, 3.8) is 0 Å². The number of pyridine rings is 1. The van der Waals surface area contributed by atoms with E-state index < -0.39 is 0 Å². The van der Waals surface area contributed by atoms with Crippen molar-refractivity contribution in [2.75, 3.05) is 18.4 Å². The zero-order valence-electron chi connectivity index (χ0n) is 6.55. The summed E-state index contributed by atoms with van der Waals surface area (Å²) in [5.41, 5.74) is 0. The fraction of sp³-hybridized carbons (Fsp3) is 0.375. The van der Waals surface area contributed by atoms with E-state index in [0.29, 0.717) is 11.1 Å². The van der Waals surface area contributed by atoms with Crippen molar-refractivity contribution in [2.24, 2.45) is 0 Å². The van der Waals surface area contributed by atoms with Gasteiger partial charge >= 0.3 is 0 Å². The molecule has 0 unspecified atom stereocenters. The highest BCUT2D eigenvalue weighted by Crippen LogP contribution is 2.11. The van der Waals surface area contributed by atoms with E-state index in [9.17, 15) is 0 Å². The zero-order valence-corrected chi connectivity index (χ0v) is 7.30. The van der Waals surface area contributed by atoms with E-state index in [4.69, 9.17) is 11.6 Å². The quantitative estimate of drug-likeness (QED) is 0.722. The smallest absolute Gasteiger partial charge is 0.126 e. The van der Waals surface area contributed by atoms with Crippen LogP contribution in [0.1, 0.15) is 0 Å². The summed E-state index contributed by atoms with van der Waals surface area (Å²) in [6, 6.07) is 4.25. The maximum Gasteiger partial charge on any atom is 0.126 e. The van der Waals surface area contributed by atoms with Gasteiger partial charge in [-0.1, -0.05) is 11.6 Å². The van der Waals surface area contributed by atoms with Gasteiger partial charge in [0, 0.05) is 19.3 Å². The van der Waals surface area contributed by atoms with Gasteiger partial charge in [0.25, 0.3) is 0 Å². The Morgan fingerprint density at radius 2 is 2.33 bits per heavy atom. The van der Waals surface area contributed by atoms with Crippen molar-refractivity contribution in [2.45, 2.75) is 6.04 Å². The van der Waals surface area contributed by atoms with Crippen molar-refractivity contribution >= 4 is 17.4 Å². The zero-order chi connectivity index (χ0) is 8.39. The number of hydrogen-bond acceptors (Lipinski definition) is 3. The van der Waals surface area contributed by atoms with Gasteiger partial charge in [-0.15, -0.1) is 0 Å². The third-order valence-corrected chi connectivity index (χ3v) is 2.08. The molecule has 0 amide bonds. The van der Waals surface area contributed by atoms with E-state index in [2.05, 4.69) is 15.6 Å². The minimum absolute atomic E-state index is 0.527. The van der Waals surface area contributed by atoms with E-state index in [1.807, 2.05) is 12.1 Å². The van der Waals surface area contributed by atoms with Gasteiger partial charge in [-0.2, -0.15) is 0 Å². The topological polar surface area (TPSA) is 37.0 Å². The molecule has 1 aromatic heterocycles. The van der Waals surface area contributed by atoms with Crippen LogP contribution in [0.15, 0.2) is 18.3 Å². The first kappa shape index (κ1) is 7.83. The monoisotopic (exact) mass is 183 g/mol. The molecule has 4 heteroatoms.